The summed E-state index contributed by atoms with van der Waals surface area (Å²) in [5.41, 5.74) is 0.0810. The van der Waals surface area contributed by atoms with Gasteiger partial charge in [0.05, 0.1) is 32.7 Å². The largest absolute Gasteiger partial charge is 0.480 e. The highest BCUT2D eigenvalue weighted by Crippen LogP contribution is 1.97. The number of hydrogen-bond donors (Lipinski definition) is 6. The summed E-state index contributed by atoms with van der Waals surface area (Å²) >= 11 is 0. The fourth-order valence-electron chi connectivity index (χ4n) is 2.71. The molecule has 36 heavy (non-hydrogen) atoms. The molecule has 0 amide bonds. The Kier molecular flexibility index (Phi) is 15.3. The maximum Gasteiger partial charge on any atom is 0.354 e. The van der Waals surface area contributed by atoms with E-state index in [1.165, 1.54) is 17.2 Å². The minimum absolute atomic E-state index is 0.000836. The first-order chi connectivity index (χ1) is 16.8. The number of aromatic nitrogens is 1. The molecule has 16 nitrogen and oxygen atoms in total. The number of carboxylic acid groups (broad SMARTS) is 6. The second-order valence-corrected chi connectivity index (χ2v) is 7.19. The normalized spacial score (nSPS) is 10.5. The van der Waals surface area contributed by atoms with Crippen LogP contribution in [0.1, 0.15) is 10.5 Å². The van der Waals surface area contributed by atoms with E-state index in [-0.39, 0.29) is 31.9 Å². The summed E-state index contributed by atoms with van der Waals surface area (Å²) in [5.74, 6) is -7.15. The quantitative estimate of drug-likeness (QED) is 0.132. The van der Waals surface area contributed by atoms with Crippen LogP contribution in [0.15, 0.2) is 24.4 Å². The highest BCUT2D eigenvalue weighted by atomic mass is 16.4. The Balaban J connectivity index is 0.00000113. The van der Waals surface area contributed by atoms with Crippen molar-refractivity contribution in [1.29, 1.82) is 0 Å². The van der Waals surface area contributed by atoms with Crippen molar-refractivity contribution in [3.8, 4) is 0 Å². The fraction of sp³-hybridized carbons (Fsp3) is 0.450. The van der Waals surface area contributed by atoms with Gasteiger partial charge in [-0.15, -0.1) is 0 Å². The van der Waals surface area contributed by atoms with Crippen LogP contribution in [0, 0.1) is 0 Å². The predicted octanol–water partition coefficient (Wildman–Crippen LogP) is -1.90. The SMILES string of the molecule is O=C(O)CN(CCN(CC(=O)O)CC(=O)O)CCN(CC(=O)O)CC(=O)O.O=C(O)c1ccccn1. The van der Waals surface area contributed by atoms with E-state index in [4.69, 9.17) is 30.6 Å². The van der Waals surface area contributed by atoms with E-state index in [1.54, 1.807) is 12.1 Å². The topological polar surface area (TPSA) is 246 Å². The van der Waals surface area contributed by atoms with Gasteiger partial charge in [0.1, 0.15) is 5.69 Å². The zero-order chi connectivity index (χ0) is 27.7. The third kappa shape index (κ3) is 17.3. The lowest BCUT2D eigenvalue weighted by atomic mass is 10.3. The van der Waals surface area contributed by atoms with Crippen LogP contribution < -0.4 is 0 Å². The second-order valence-electron chi connectivity index (χ2n) is 7.19. The van der Waals surface area contributed by atoms with Gasteiger partial charge in [-0.25, -0.2) is 9.78 Å². The maximum absolute atomic E-state index is 11.0. The highest BCUT2D eigenvalue weighted by molar-refractivity contribution is 5.85. The molecule has 0 saturated heterocycles. The average molecular weight is 516 g/mol. The van der Waals surface area contributed by atoms with E-state index in [9.17, 15) is 28.8 Å². The molecule has 1 aromatic heterocycles. The molecule has 0 bridgehead atoms. The van der Waals surface area contributed by atoms with Gasteiger partial charge in [-0.1, -0.05) is 6.07 Å². The third-order valence-electron chi connectivity index (χ3n) is 4.14. The van der Waals surface area contributed by atoms with Gasteiger partial charge in [0.25, 0.3) is 0 Å². The number of nitrogens with zero attached hydrogens (tertiary/aromatic N) is 4. The first-order valence-electron chi connectivity index (χ1n) is 10.2. The number of rotatable bonds is 17. The Morgan fingerprint density at radius 3 is 1.14 bits per heavy atom. The first-order valence-corrected chi connectivity index (χ1v) is 10.2. The van der Waals surface area contributed by atoms with Crippen LogP contribution in [-0.2, 0) is 24.0 Å². The number of carboxylic acids is 6. The molecule has 0 saturated carbocycles. The van der Waals surface area contributed by atoms with Crippen molar-refractivity contribution < 1.29 is 59.4 Å². The molecule has 1 aromatic rings. The van der Waals surface area contributed by atoms with Gasteiger partial charge >= 0.3 is 35.8 Å². The lowest BCUT2D eigenvalue weighted by Crippen LogP contribution is -2.45. The van der Waals surface area contributed by atoms with Gasteiger partial charge < -0.3 is 30.6 Å². The molecule has 0 spiro atoms. The molecule has 1 rings (SSSR count). The smallest absolute Gasteiger partial charge is 0.354 e. The summed E-state index contributed by atoms with van der Waals surface area (Å²) in [6.07, 6.45) is 1.45. The standard InChI is InChI=1S/C14H23N3O10.C6H5NO2/c18-10(19)5-15(1-3-16(6-11(20)21)7-12(22)23)2-4-17(8-13(24)25)9-14(26)27;8-6(9)5-3-1-2-4-7-5/h1-9H2,(H,18,19)(H,20,21)(H,22,23)(H,24,25)(H,26,27);1-4H,(H,8,9). The molecule has 200 valence electrons. The van der Waals surface area contributed by atoms with Crippen molar-refractivity contribution in [1.82, 2.24) is 19.7 Å². The summed E-state index contributed by atoms with van der Waals surface area (Å²) < 4.78 is 0. The van der Waals surface area contributed by atoms with Crippen LogP contribution >= 0.6 is 0 Å². The van der Waals surface area contributed by atoms with Crippen LogP contribution in [0.2, 0.25) is 0 Å². The van der Waals surface area contributed by atoms with Crippen LogP contribution in [0.5, 0.6) is 0 Å². The van der Waals surface area contributed by atoms with Gasteiger partial charge in [0.2, 0.25) is 0 Å². The monoisotopic (exact) mass is 516 g/mol. The Morgan fingerprint density at radius 2 is 0.889 bits per heavy atom. The van der Waals surface area contributed by atoms with Gasteiger partial charge in [0, 0.05) is 32.4 Å². The van der Waals surface area contributed by atoms with Crippen molar-refractivity contribution in [2.45, 2.75) is 0 Å². The summed E-state index contributed by atoms with van der Waals surface area (Å²) in [6.45, 7) is -2.74. The first kappa shape index (κ1) is 31.9. The molecule has 0 radical (unpaired) electrons. The minimum atomic E-state index is -1.24. The number of hydrogen-bond acceptors (Lipinski definition) is 10. The van der Waals surface area contributed by atoms with Gasteiger partial charge in [-0.3, -0.25) is 38.7 Å². The van der Waals surface area contributed by atoms with Crippen molar-refractivity contribution in [3.63, 3.8) is 0 Å². The van der Waals surface area contributed by atoms with E-state index in [0.717, 1.165) is 9.80 Å². The zero-order valence-corrected chi connectivity index (χ0v) is 19.1. The molecule has 0 aromatic carbocycles. The lowest BCUT2D eigenvalue weighted by molar-refractivity contribution is -0.143. The molecule has 0 unspecified atom stereocenters. The van der Waals surface area contributed by atoms with Crippen molar-refractivity contribution in [3.05, 3.63) is 30.1 Å². The van der Waals surface area contributed by atoms with E-state index < -0.39 is 68.5 Å². The molecule has 0 fully saturated rings. The van der Waals surface area contributed by atoms with Crippen LogP contribution in [-0.4, -0.2) is 145 Å². The van der Waals surface area contributed by atoms with E-state index in [1.807, 2.05) is 0 Å². The summed E-state index contributed by atoms with van der Waals surface area (Å²) in [5, 5.41) is 52.4. The molecule has 1 heterocycles. The summed E-state index contributed by atoms with van der Waals surface area (Å²) in [4.78, 5) is 71.3. The van der Waals surface area contributed by atoms with E-state index >= 15 is 0 Å². The van der Waals surface area contributed by atoms with E-state index in [2.05, 4.69) is 4.98 Å². The van der Waals surface area contributed by atoms with Gasteiger partial charge in [-0.05, 0) is 12.1 Å². The van der Waals surface area contributed by atoms with Gasteiger partial charge in [0.15, 0.2) is 0 Å². The van der Waals surface area contributed by atoms with Crippen molar-refractivity contribution in [2.24, 2.45) is 0 Å². The van der Waals surface area contributed by atoms with Crippen molar-refractivity contribution in [2.75, 3.05) is 58.9 Å². The number of aromatic carboxylic acids is 1. The predicted molar refractivity (Wildman–Crippen MR) is 119 cm³/mol. The molecule has 16 heteroatoms. The Labute approximate surface area is 204 Å². The summed E-state index contributed by atoms with van der Waals surface area (Å²) in [7, 11) is 0. The molecular formula is C20H28N4O12. The maximum atomic E-state index is 11.0. The molecule has 0 aliphatic rings. The number of aliphatic carboxylic acids is 5. The third-order valence-corrected chi connectivity index (χ3v) is 4.14. The lowest BCUT2D eigenvalue weighted by Gasteiger charge is -2.27. The van der Waals surface area contributed by atoms with Crippen LogP contribution in [0.4, 0.5) is 0 Å². The summed E-state index contributed by atoms with van der Waals surface area (Å²) in [6, 6.07) is 4.76. The molecular weight excluding hydrogens is 488 g/mol. The minimum Gasteiger partial charge on any atom is -0.480 e. The average Bonchev–Trinajstić information content (AvgIpc) is 2.74. The molecule has 0 aliphatic heterocycles. The van der Waals surface area contributed by atoms with E-state index in [0.29, 0.717) is 0 Å². The molecule has 6 N–H and O–H groups in total. The van der Waals surface area contributed by atoms with Crippen molar-refractivity contribution >= 4 is 35.8 Å². The van der Waals surface area contributed by atoms with Crippen LogP contribution in [0.3, 0.4) is 0 Å². The Hall–Kier alpha value is -4.15. The van der Waals surface area contributed by atoms with Crippen LogP contribution in [0.25, 0.3) is 0 Å². The molecule has 0 aliphatic carbocycles. The number of carbonyl (C=O) groups is 6. The fourth-order valence-corrected chi connectivity index (χ4v) is 2.71. The highest BCUT2D eigenvalue weighted by Gasteiger charge is 2.19. The molecule has 0 atom stereocenters. The number of pyridine rings is 1. The Morgan fingerprint density at radius 1 is 0.556 bits per heavy atom. The second kappa shape index (κ2) is 17.3. The zero-order valence-electron chi connectivity index (χ0n) is 19.1. The van der Waals surface area contributed by atoms with Gasteiger partial charge in [-0.2, -0.15) is 0 Å². The Bertz CT molecular complexity index is 824.